The van der Waals surface area contributed by atoms with Crippen molar-refractivity contribution < 1.29 is 14.8 Å². The van der Waals surface area contributed by atoms with Gasteiger partial charge in [0.2, 0.25) is 0 Å². The van der Waals surface area contributed by atoms with E-state index in [0.29, 0.717) is 21.1 Å². The van der Waals surface area contributed by atoms with Crippen LogP contribution in [0.4, 0.5) is 0 Å². The molecule has 0 aliphatic heterocycles. The summed E-state index contributed by atoms with van der Waals surface area (Å²) >= 11 is 11.7. The van der Waals surface area contributed by atoms with E-state index in [2.05, 4.69) is 0 Å². The molecule has 6 heteroatoms. The van der Waals surface area contributed by atoms with Crippen LogP contribution in [0.5, 0.6) is 0 Å². The van der Waals surface area contributed by atoms with Crippen molar-refractivity contribution in [3.8, 4) is 0 Å². The zero-order valence-corrected chi connectivity index (χ0v) is 12.3. The summed E-state index contributed by atoms with van der Waals surface area (Å²) in [6, 6.07) is 11.1. The standard InChI is InChI=1S/C15H11BCl2O3/c17-13-7-1-10(9-14(13)18)2-8-15(19)11-3-5-12(6-4-11)16(20)21/h1-9,20-21H. The lowest BCUT2D eigenvalue weighted by Gasteiger charge is -2.01. The van der Waals surface area contributed by atoms with Crippen LogP contribution in [0.15, 0.2) is 48.5 Å². The molecule has 0 saturated heterocycles. The van der Waals surface area contributed by atoms with Gasteiger partial charge in [0.05, 0.1) is 10.0 Å². The monoisotopic (exact) mass is 320 g/mol. The van der Waals surface area contributed by atoms with Gasteiger partial charge in [-0.2, -0.15) is 0 Å². The van der Waals surface area contributed by atoms with E-state index >= 15 is 0 Å². The first-order valence-corrected chi connectivity index (χ1v) is 6.86. The van der Waals surface area contributed by atoms with Crippen molar-refractivity contribution in [2.45, 2.75) is 0 Å². The molecule has 2 rings (SSSR count). The van der Waals surface area contributed by atoms with E-state index in [1.807, 2.05) is 0 Å². The Kier molecular flexibility index (Phi) is 5.20. The largest absolute Gasteiger partial charge is 0.488 e. The Morgan fingerprint density at radius 3 is 2.24 bits per heavy atom. The Hall–Kier alpha value is -1.59. The number of hydrogen-bond donors (Lipinski definition) is 2. The molecule has 0 bridgehead atoms. The van der Waals surface area contributed by atoms with Crippen molar-refractivity contribution in [2.75, 3.05) is 0 Å². The molecule has 21 heavy (non-hydrogen) atoms. The van der Waals surface area contributed by atoms with Gasteiger partial charge in [-0.1, -0.05) is 59.6 Å². The third kappa shape index (κ3) is 4.19. The molecule has 0 unspecified atom stereocenters. The zero-order valence-electron chi connectivity index (χ0n) is 10.8. The highest BCUT2D eigenvalue weighted by Gasteiger charge is 2.11. The number of carbonyl (C=O) groups is 1. The first-order valence-electron chi connectivity index (χ1n) is 6.11. The molecule has 0 fully saturated rings. The molecular formula is C15H11BCl2O3. The van der Waals surface area contributed by atoms with E-state index in [1.165, 1.54) is 30.3 Å². The van der Waals surface area contributed by atoms with Crippen LogP contribution in [0.1, 0.15) is 15.9 Å². The average Bonchev–Trinajstić information content (AvgIpc) is 2.48. The first kappa shape index (κ1) is 15.8. The predicted molar refractivity (Wildman–Crippen MR) is 86.1 cm³/mol. The van der Waals surface area contributed by atoms with Gasteiger partial charge in [0, 0.05) is 5.56 Å². The molecule has 0 spiro atoms. The Morgan fingerprint density at radius 1 is 1.00 bits per heavy atom. The molecule has 0 saturated carbocycles. The summed E-state index contributed by atoms with van der Waals surface area (Å²) in [7, 11) is -1.54. The maximum absolute atomic E-state index is 12.0. The lowest BCUT2D eigenvalue weighted by molar-refractivity contribution is 0.104. The van der Waals surface area contributed by atoms with E-state index in [0.717, 1.165) is 5.56 Å². The summed E-state index contributed by atoms with van der Waals surface area (Å²) in [5.74, 6) is -0.194. The number of ketones is 1. The van der Waals surface area contributed by atoms with Crippen LogP contribution in [0.2, 0.25) is 10.0 Å². The smallest absolute Gasteiger partial charge is 0.423 e. The third-order valence-corrected chi connectivity index (χ3v) is 3.60. The first-order chi connectivity index (χ1) is 9.97. The molecule has 106 valence electrons. The van der Waals surface area contributed by atoms with Crippen molar-refractivity contribution in [1.82, 2.24) is 0 Å². The van der Waals surface area contributed by atoms with Gasteiger partial charge in [0.1, 0.15) is 0 Å². The summed E-state index contributed by atoms with van der Waals surface area (Å²) in [6.45, 7) is 0. The number of halogens is 2. The maximum atomic E-state index is 12.0. The molecule has 2 aromatic rings. The van der Waals surface area contributed by atoms with Gasteiger partial charge in [-0.15, -0.1) is 0 Å². The molecule has 2 N–H and O–H groups in total. The van der Waals surface area contributed by atoms with Crippen LogP contribution in [0, 0.1) is 0 Å². The molecule has 2 aromatic carbocycles. The Morgan fingerprint density at radius 2 is 1.67 bits per heavy atom. The molecule has 0 radical (unpaired) electrons. The van der Waals surface area contributed by atoms with Crippen LogP contribution >= 0.6 is 23.2 Å². The number of benzene rings is 2. The van der Waals surface area contributed by atoms with Gasteiger partial charge in [-0.05, 0) is 29.2 Å². The second-order valence-electron chi connectivity index (χ2n) is 4.37. The highest BCUT2D eigenvalue weighted by atomic mass is 35.5. The van der Waals surface area contributed by atoms with Gasteiger partial charge in [-0.25, -0.2) is 0 Å². The van der Waals surface area contributed by atoms with Crippen molar-refractivity contribution in [2.24, 2.45) is 0 Å². The van der Waals surface area contributed by atoms with Gasteiger partial charge >= 0.3 is 7.12 Å². The van der Waals surface area contributed by atoms with Gasteiger partial charge in [-0.3, -0.25) is 4.79 Å². The second kappa shape index (κ2) is 6.92. The lowest BCUT2D eigenvalue weighted by Crippen LogP contribution is -2.29. The minimum atomic E-state index is -1.54. The minimum absolute atomic E-state index is 0.194. The summed E-state index contributed by atoms with van der Waals surface area (Å²) in [4.78, 5) is 12.0. The normalized spacial score (nSPS) is 10.9. The number of carbonyl (C=O) groups excluding carboxylic acids is 1. The maximum Gasteiger partial charge on any atom is 0.488 e. The molecule has 0 aromatic heterocycles. The highest BCUT2D eigenvalue weighted by Crippen LogP contribution is 2.23. The summed E-state index contributed by atoms with van der Waals surface area (Å²) in [5, 5.41) is 18.9. The molecule has 0 amide bonds. The van der Waals surface area contributed by atoms with E-state index in [9.17, 15) is 4.79 Å². The zero-order chi connectivity index (χ0) is 15.4. The fourth-order valence-corrected chi connectivity index (χ4v) is 2.01. The van der Waals surface area contributed by atoms with E-state index in [-0.39, 0.29) is 5.78 Å². The van der Waals surface area contributed by atoms with Gasteiger partial charge < -0.3 is 10.0 Å². The van der Waals surface area contributed by atoms with Crippen LogP contribution in [0.3, 0.4) is 0 Å². The highest BCUT2D eigenvalue weighted by molar-refractivity contribution is 6.58. The van der Waals surface area contributed by atoms with E-state index in [1.54, 1.807) is 24.3 Å². The second-order valence-corrected chi connectivity index (χ2v) is 5.18. The average molecular weight is 321 g/mol. The summed E-state index contributed by atoms with van der Waals surface area (Å²) < 4.78 is 0. The van der Waals surface area contributed by atoms with Crippen molar-refractivity contribution in [3.63, 3.8) is 0 Å². The lowest BCUT2D eigenvalue weighted by atomic mass is 9.80. The molecular weight excluding hydrogens is 310 g/mol. The Balaban J connectivity index is 2.13. The Labute approximate surface area is 132 Å². The quantitative estimate of drug-likeness (QED) is 0.517. The fraction of sp³-hybridized carbons (Fsp3) is 0. The fourth-order valence-electron chi connectivity index (χ4n) is 1.70. The van der Waals surface area contributed by atoms with Crippen molar-refractivity contribution >= 4 is 47.6 Å². The molecule has 0 atom stereocenters. The Bertz CT molecular complexity index is 682. The summed E-state index contributed by atoms with van der Waals surface area (Å²) in [5.41, 5.74) is 1.55. The number of hydrogen-bond acceptors (Lipinski definition) is 3. The summed E-state index contributed by atoms with van der Waals surface area (Å²) in [6.07, 6.45) is 3.06. The van der Waals surface area contributed by atoms with E-state index in [4.69, 9.17) is 33.2 Å². The molecule has 3 nitrogen and oxygen atoms in total. The predicted octanol–water partition coefficient (Wildman–Crippen LogP) is 2.57. The van der Waals surface area contributed by atoms with E-state index < -0.39 is 7.12 Å². The minimum Gasteiger partial charge on any atom is -0.423 e. The SMILES string of the molecule is O=C(C=Cc1ccc(Cl)c(Cl)c1)c1ccc(B(O)O)cc1. The van der Waals surface area contributed by atoms with Crippen molar-refractivity contribution in [1.29, 1.82) is 0 Å². The van der Waals surface area contributed by atoms with Crippen LogP contribution in [0.25, 0.3) is 6.08 Å². The third-order valence-electron chi connectivity index (χ3n) is 2.86. The van der Waals surface area contributed by atoms with Crippen molar-refractivity contribution in [3.05, 3.63) is 69.7 Å². The molecule has 0 aliphatic rings. The van der Waals surface area contributed by atoms with Crippen LogP contribution in [-0.2, 0) is 0 Å². The molecule has 0 heterocycles. The number of rotatable bonds is 4. The molecule has 0 aliphatic carbocycles. The van der Waals surface area contributed by atoms with Gasteiger partial charge in [0.25, 0.3) is 0 Å². The van der Waals surface area contributed by atoms with Crippen LogP contribution < -0.4 is 5.46 Å². The van der Waals surface area contributed by atoms with Gasteiger partial charge in [0.15, 0.2) is 5.78 Å². The van der Waals surface area contributed by atoms with Crippen LogP contribution in [-0.4, -0.2) is 22.9 Å². The number of allylic oxidation sites excluding steroid dienone is 1. The topological polar surface area (TPSA) is 57.5 Å².